The first-order chi connectivity index (χ1) is 12.2. The predicted molar refractivity (Wildman–Crippen MR) is 105 cm³/mol. The summed E-state index contributed by atoms with van der Waals surface area (Å²) in [4.78, 5) is 16.6. The van der Waals surface area contributed by atoms with Crippen LogP contribution in [-0.2, 0) is 15.3 Å². The summed E-state index contributed by atoms with van der Waals surface area (Å²) >= 11 is 0. The standard InChI is InChI=1S/C19H29N3O3S/c1-19(2,3)16-6-4-5-7-17(16)21-9-11-22(12-10-21)18(23)20-15-8-13-26(24,25)14-15/h4-7,15H,8-14H2,1-3H3,(H,20,23). The Bertz CT molecular complexity index is 762. The molecule has 2 amide bonds. The maximum absolute atomic E-state index is 12.4. The minimum absolute atomic E-state index is 0.0671. The van der Waals surface area contributed by atoms with Crippen LogP contribution in [0.4, 0.5) is 10.5 Å². The van der Waals surface area contributed by atoms with E-state index in [-0.39, 0.29) is 29.0 Å². The Labute approximate surface area is 156 Å². The molecule has 1 unspecified atom stereocenters. The molecule has 2 aliphatic rings. The molecule has 0 radical (unpaired) electrons. The monoisotopic (exact) mass is 379 g/mol. The number of nitrogens with one attached hydrogen (secondary N) is 1. The molecule has 1 atom stereocenters. The smallest absolute Gasteiger partial charge is 0.317 e. The summed E-state index contributed by atoms with van der Waals surface area (Å²) in [5, 5.41) is 2.88. The van der Waals surface area contributed by atoms with Crippen molar-refractivity contribution in [2.45, 2.75) is 38.6 Å². The highest BCUT2D eigenvalue weighted by Crippen LogP contribution is 2.32. The fraction of sp³-hybridized carbons (Fsp3) is 0.632. The van der Waals surface area contributed by atoms with Crippen molar-refractivity contribution in [1.82, 2.24) is 10.2 Å². The van der Waals surface area contributed by atoms with Gasteiger partial charge >= 0.3 is 6.03 Å². The van der Waals surface area contributed by atoms with Gasteiger partial charge in [-0.15, -0.1) is 0 Å². The van der Waals surface area contributed by atoms with Crippen molar-refractivity contribution in [2.24, 2.45) is 0 Å². The molecule has 1 aromatic carbocycles. The number of urea groups is 1. The van der Waals surface area contributed by atoms with Crippen LogP contribution < -0.4 is 10.2 Å². The Balaban J connectivity index is 1.59. The Morgan fingerprint density at radius 1 is 1.12 bits per heavy atom. The molecule has 2 aliphatic heterocycles. The molecule has 2 fully saturated rings. The van der Waals surface area contributed by atoms with Crippen LogP contribution in [0.15, 0.2) is 24.3 Å². The molecule has 7 heteroatoms. The fourth-order valence-electron chi connectivity index (χ4n) is 3.71. The van der Waals surface area contributed by atoms with Gasteiger partial charge in [0.15, 0.2) is 9.84 Å². The Hall–Kier alpha value is -1.76. The quantitative estimate of drug-likeness (QED) is 0.853. The lowest BCUT2D eigenvalue weighted by molar-refractivity contribution is 0.191. The van der Waals surface area contributed by atoms with Crippen LogP contribution in [0.25, 0.3) is 0 Å². The second-order valence-corrected chi connectivity index (χ2v) is 10.5. The summed E-state index contributed by atoms with van der Waals surface area (Å²) in [7, 11) is -2.98. The van der Waals surface area contributed by atoms with E-state index in [0.717, 1.165) is 13.1 Å². The van der Waals surface area contributed by atoms with E-state index >= 15 is 0 Å². The van der Waals surface area contributed by atoms with Crippen molar-refractivity contribution < 1.29 is 13.2 Å². The third-order valence-electron chi connectivity index (χ3n) is 5.18. The average molecular weight is 380 g/mol. The molecule has 0 aliphatic carbocycles. The van der Waals surface area contributed by atoms with Gasteiger partial charge in [0.1, 0.15) is 0 Å². The van der Waals surface area contributed by atoms with Crippen molar-refractivity contribution in [1.29, 1.82) is 0 Å². The maximum Gasteiger partial charge on any atom is 0.317 e. The van der Waals surface area contributed by atoms with Gasteiger partial charge in [-0.3, -0.25) is 0 Å². The zero-order valence-electron chi connectivity index (χ0n) is 15.9. The third-order valence-corrected chi connectivity index (χ3v) is 6.95. The number of amides is 2. The average Bonchev–Trinajstić information content (AvgIpc) is 2.93. The molecule has 144 valence electrons. The molecule has 1 N–H and O–H groups in total. The summed E-state index contributed by atoms with van der Waals surface area (Å²) in [5.74, 6) is 0.243. The van der Waals surface area contributed by atoms with Crippen LogP contribution in [0.3, 0.4) is 0 Å². The van der Waals surface area contributed by atoms with Crippen LogP contribution in [0, 0.1) is 0 Å². The number of para-hydroxylation sites is 1. The van der Waals surface area contributed by atoms with Crippen molar-refractivity contribution in [3.05, 3.63) is 29.8 Å². The van der Waals surface area contributed by atoms with E-state index in [1.54, 1.807) is 4.90 Å². The molecule has 0 bridgehead atoms. The highest BCUT2D eigenvalue weighted by Gasteiger charge is 2.31. The minimum atomic E-state index is -2.98. The molecule has 0 aromatic heterocycles. The first kappa shape index (κ1) is 19.0. The minimum Gasteiger partial charge on any atom is -0.368 e. The van der Waals surface area contributed by atoms with Gasteiger partial charge in [-0.2, -0.15) is 0 Å². The highest BCUT2D eigenvalue weighted by atomic mass is 32.2. The van der Waals surface area contributed by atoms with Crippen LogP contribution in [0.5, 0.6) is 0 Å². The van der Waals surface area contributed by atoms with Crippen molar-refractivity contribution in [2.75, 3.05) is 42.6 Å². The first-order valence-electron chi connectivity index (χ1n) is 9.26. The lowest BCUT2D eigenvalue weighted by Crippen LogP contribution is -2.54. The number of carbonyl (C=O) groups is 1. The van der Waals surface area contributed by atoms with Gasteiger partial charge in [0.25, 0.3) is 0 Å². The number of hydrogen-bond donors (Lipinski definition) is 1. The van der Waals surface area contributed by atoms with E-state index in [2.05, 4.69) is 55.3 Å². The van der Waals surface area contributed by atoms with E-state index in [4.69, 9.17) is 0 Å². The third kappa shape index (κ3) is 4.31. The van der Waals surface area contributed by atoms with Crippen LogP contribution >= 0.6 is 0 Å². The second kappa shape index (κ2) is 7.10. The first-order valence-corrected chi connectivity index (χ1v) is 11.1. The van der Waals surface area contributed by atoms with E-state index in [1.165, 1.54) is 11.3 Å². The lowest BCUT2D eigenvalue weighted by atomic mass is 9.85. The largest absolute Gasteiger partial charge is 0.368 e. The fourth-order valence-corrected chi connectivity index (χ4v) is 5.38. The zero-order valence-corrected chi connectivity index (χ0v) is 16.7. The number of nitrogens with zero attached hydrogens (tertiary/aromatic N) is 2. The molecule has 1 aromatic rings. The van der Waals surface area contributed by atoms with E-state index < -0.39 is 9.84 Å². The molecular weight excluding hydrogens is 350 g/mol. The highest BCUT2D eigenvalue weighted by molar-refractivity contribution is 7.91. The Morgan fingerprint density at radius 2 is 1.77 bits per heavy atom. The SMILES string of the molecule is CC(C)(C)c1ccccc1N1CCN(C(=O)NC2CCS(=O)(=O)C2)CC1. The number of sulfone groups is 1. The van der Waals surface area contributed by atoms with E-state index in [0.29, 0.717) is 19.5 Å². The van der Waals surface area contributed by atoms with Crippen LogP contribution in [-0.4, -0.2) is 63.1 Å². The summed E-state index contributed by atoms with van der Waals surface area (Å²) in [6, 6.07) is 8.07. The number of carbonyl (C=O) groups excluding carboxylic acids is 1. The molecule has 3 rings (SSSR count). The maximum atomic E-state index is 12.4. The number of anilines is 1. The van der Waals surface area contributed by atoms with Gasteiger partial charge in [0.2, 0.25) is 0 Å². The molecule has 2 heterocycles. The summed E-state index contributed by atoms with van der Waals surface area (Å²) in [6.45, 7) is 9.49. The van der Waals surface area contributed by atoms with Crippen LogP contribution in [0.1, 0.15) is 32.8 Å². The normalized spacial score (nSPS) is 23.1. The predicted octanol–water partition coefficient (Wildman–Crippen LogP) is 2.00. The summed E-state index contributed by atoms with van der Waals surface area (Å²) in [6.07, 6.45) is 0.521. The van der Waals surface area contributed by atoms with Gasteiger partial charge in [-0.05, 0) is 23.5 Å². The lowest BCUT2D eigenvalue weighted by Gasteiger charge is -2.38. The van der Waals surface area contributed by atoms with Crippen LogP contribution in [0.2, 0.25) is 0 Å². The van der Waals surface area contributed by atoms with Crippen molar-refractivity contribution in [3.63, 3.8) is 0 Å². The van der Waals surface area contributed by atoms with E-state index in [9.17, 15) is 13.2 Å². The molecule has 6 nitrogen and oxygen atoms in total. The molecule has 0 saturated carbocycles. The molecule has 0 spiro atoms. The molecular formula is C19H29N3O3S. The van der Waals surface area contributed by atoms with Gasteiger partial charge in [0.05, 0.1) is 11.5 Å². The summed E-state index contributed by atoms with van der Waals surface area (Å²) in [5.41, 5.74) is 2.62. The second-order valence-electron chi connectivity index (χ2n) is 8.29. The molecule has 26 heavy (non-hydrogen) atoms. The number of rotatable bonds is 2. The van der Waals surface area contributed by atoms with Gasteiger partial charge in [0, 0.05) is 37.9 Å². The zero-order chi connectivity index (χ0) is 18.9. The molecule has 2 saturated heterocycles. The van der Waals surface area contributed by atoms with Gasteiger partial charge in [-0.1, -0.05) is 39.0 Å². The number of benzene rings is 1. The van der Waals surface area contributed by atoms with E-state index in [1.807, 2.05) is 0 Å². The summed E-state index contributed by atoms with van der Waals surface area (Å²) < 4.78 is 23.1. The number of piperazine rings is 1. The van der Waals surface area contributed by atoms with Gasteiger partial charge in [-0.25, -0.2) is 13.2 Å². The van der Waals surface area contributed by atoms with Crippen molar-refractivity contribution >= 4 is 21.6 Å². The Kier molecular flexibility index (Phi) is 5.19. The van der Waals surface area contributed by atoms with Gasteiger partial charge < -0.3 is 15.1 Å². The van der Waals surface area contributed by atoms with Crippen molar-refractivity contribution in [3.8, 4) is 0 Å². The Morgan fingerprint density at radius 3 is 2.35 bits per heavy atom. The number of hydrogen-bond acceptors (Lipinski definition) is 4. The topological polar surface area (TPSA) is 69.7 Å².